The van der Waals surface area contributed by atoms with E-state index in [4.69, 9.17) is 17.4 Å². The third-order valence-corrected chi connectivity index (χ3v) is 6.37. The Kier molecular flexibility index (Phi) is 7.66. The van der Waals surface area contributed by atoms with E-state index >= 15 is 0 Å². The van der Waals surface area contributed by atoms with Crippen LogP contribution in [0.4, 0.5) is 0 Å². The summed E-state index contributed by atoms with van der Waals surface area (Å²) in [6.07, 6.45) is 4.14. The summed E-state index contributed by atoms with van der Waals surface area (Å²) >= 11 is 4.83. The van der Waals surface area contributed by atoms with Gasteiger partial charge < -0.3 is 4.74 Å². The molecule has 0 N–H and O–H groups in total. The zero-order valence-electron chi connectivity index (χ0n) is 17.4. The predicted octanol–water partition coefficient (Wildman–Crippen LogP) is 4.33. The molecule has 27 heavy (non-hydrogen) atoms. The lowest BCUT2D eigenvalue weighted by Gasteiger charge is -2.39. The highest BCUT2D eigenvalue weighted by Gasteiger charge is 2.32. The van der Waals surface area contributed by atoms with Gasteiger partial charge in [-0.2, -0.15) is 12.6 Å². The van der Waals surface area contributed by atoms with E-state index in [1.54, 1.807) is 0 Å². The average molecular weight is 391 g/mol. The number of hydrogen-bond acceptors (Lipinski definition) is 4. The molecule has 3 nitrogen and oxygen atoms in total. The van der Waals surface area contributed by atoms with Crippen LogP contribution in [0.15, 0.2) is 30.3 Å². The normalized spacial score (nSPS) is 28.1. The van der Waals surface area contributed by atoms with Crippen LogP contribution < -0.4 is 0 Å². The van der Waals surface area contributed by atoms with Gasteiger partial charge in [0.2, 0.25) is 0 Å². The Bertz CT molecular complexity index is 557. The van der Waals surface area contributed by atoms with Gasteiger partial charge in [-0.1, -0.05) is 51.1 Å². The molecule has 0 aromatic heterocycles. The Morgan fingerprint density at radius 1 is 1.07 bits per heavy atom. The fraction of sp³-hybridized carbons (Fsp3) is 0.739. The van der Waals surface area contributed by atoms with Gasteiger partial charge in [-0.15, -0.1) is 0 Å². The van der Waals surface area contributed by atoms with Gasteiger partial charge in [-0.25, -0.2) is 0 Å². The van der Waals surface area contributed by atoms with Crippen molar-refractivity contribution in [3.63, 3.8) is 0 Å². The second-order valence-corrected chi connectivity index (χ2v) is 10.3. The summed E-state index contributed by atoms with van der Waals surface area (Å²) in [4.78, 5) is 5.11. The maximum atomic E-state index is 6.28. The molecule has 152 valence electrons. The zero-order valence-corrected chi connectivity index (χ0v) is 18.3. The molecule has 1 aromatic rings. The summed E-state index contributed by atoms with van der Waals surface area (Å²) in [5.41, 5.74) is 1.83. The highest BCUT2D eigenvalue weighted by molar-refractivity contribution is 7.81. The number of benzene rings is 1. The van der Waals surface area contributed by atoms with Gasteiger partial charge in [0.1, 0.15) is 0 Å². The van der Waals surface area contributed by atoms with Crippen LogP contribution in [0.2, 0.25) is 0 Å². The Labute approximate surface area is 171 Å². The second-order valence-electron chi connectivity index (χ2n) is 9.58. The van der Waals surface area contributed by atoms with E-state index in [2.05, 4.69) is 60.9 Å². The zero-order chi connectivity index (χ0) is 19.3. The first kappa shape index (κ1) is 21.2. The summed E-state index contributed by atoms with van der Waals surface area (Å²) in [5, 5.41) is 0.311. The van der Waals surface area contributed by atoms with Crippen molar-refractivity contribution in [2.75, 3.05) is 39.3 Å². The lowest BCUT2D eigenvalue weighted by molar-refractivity contribution is -0.0244. The van der Waals surface area contributed by atoms with Crippen LogP contribution in [-0.2, 0) is 11.3 Å². The van der Waals surface area contributed by atoms with E-state index in [0.29, 0.717) is 16.8 Å². The molecule has 1 saturated heterocycles. The van der Waals surface area contributed by atoms with Gasteiger partial charge in [0.25, 0.3) is 0 Å². The van der Waals surface area contributed by atoms with Crippen molar-refractivity contribution in [1.82, 2.24) is 9.80 Å². The van der Waals surface area contributed by atoms with Gasteiger partial charge >= 0.3 is 0 Å². The van der Waals surface area contributed by atoms with E-state index in [9.17, 15) is 0 Å². The molecule has 1 aliphatic heterocycles. The predicted molar refractivity (Wildman–Crippen MR) is 117 cm³/mol. The molecule has 1 aliphatic carbocycles. The molecule has 0 amide bonds. The molecule has 3 rings (SSSR count). The molecule has 0 spiro atoms. The molecule has 3 atom stereocenters. The van der Waals surface area contributed by atoms with Gasteiger partial charge in [0, 0.05) is 44.5 Å². The van der Waals surface area contributed by atoms with Crippen LogP contribution in [0, 0.1) is 11.3 Å². The standard InChI is InChI=1S/C23H38N2OS/c1-19-13-21(15-23(2,3)14-19)26-18-22(27)17-25-11-9-24(10-12-25)16-20-7-5-4-6-8-20/h4-8,19,21-22,27H,9-18H2,1-3H3/t19-,21-,22+/m1/s1. The smallest absolute Gasteiger partial charge is 0.0598 e. The summed E-state index contributed by atoms with van der Waals surface area (Å²) in [5.74, 6) is 0.773. The van der Waals surface area contributed by atoms with Crippen LogP contribution >= 0.6 is 12.6 Å². The van der Waals surface area contributed by atoms with Gasteiger partial charge in [-0.3, -0.25) is 9.80 Å². The molecule has 1 saturated carbocycles. The molecule has 2 aliphatic rings. The van der Waals surface area contributed by atoms with E-state index in [1.807, 2.05) is 0 Å². The number of hydrogen-bond donors (Lipinski definition) is 1. The number of piperazine rings is 1. The van der Waals surface area contributed by atoms with Crippen molar-refractivity contribution in [3.8, 4) is 0 Å². The summed E-state index contributed by atoms with van der Waals surface area (Å²) in [6, 6.07) is 10.8. The quantitative estimate of drug-likeness (QED) is 0.698. The van der Waals surface area contributed by atoms with Gasteiger partial charge in [0.05, 0.1) is 12.7 Å². The van der Waals surface area contributed by atoms with Crippen LogP contribution in [0.1, 0.15) is 45.6 Å². The van der Waals surface area contributed by atoms with Crippen LogP contribution in [-0.4, -0.2) is 60.5 Å². The Morgan fingerprint density at radius 2 is 1.74 bits per heavy atom. The van der Waals surface area contributed by atoms with Crippen molar-refractivity contribution in [1.29, 1.82) is 0 Å². The van der Waals surface area contributed by atoms with Gasteiger partial charge in [0.15, 0.2) is 0 Å². The molecule has 4 heteroatoms. The first-order valence-electron chi connectivity index (χ1n) is 10.7. The largest absolute Gasteiger partial charge is 0.377 e. The lowest BCUT2D eigenvalue weighted by Crippen LogP contribution is -2.48. The Balaban J connectivity index is 1.34. The van der Waals surface area contributed by atoms with E-state index in [1.165, 1.54) is 24.8 Å². The number of nitrogens with zero attached hydrogens (tertiary/aromatic N) is 2. The third-order valence-electron chi connectivity index (χ3n) is 6.05. The van der Waals surface area contributed by atoms with Crippen molar-refractivity contribution < 1.29 is 4.74 Å². The molecule has 0 radical (unpaired) electrons. The van der Waals surface area contributed by atoms with E-state index in [-0.39, 0.29) is 0 Å². The second kappa shape index (κ2) is 9.78. The maximum absolute atomic E-state index is 6.28. The number of thiol groups is 1. The molecule has 1 aromatic carbocycles. The van der Waals surface area contributed by atoms with Crippen LogP contribution in [0.25, 0.3) is 0 Å². The van der Waals surface area contributed by atoms with E-state index < -0.39 is 0 Å². The van der Waals surface area contributed by atoms with Crippen molar-refractivity contribution in [2.24, 2.45) is 11.3 Å². The van der Waals surface area contributed by atoms with E-state index in [0.717, 1.165) is 51.8 Å². The average Bonchev–Trinajstić information content (AvgIpc) is 2.61. The first-order valence-corrected chi connectivity index (χ1v) is 11.2. The topological polar surface area (TPSA) is 15.7 Å². The maximum Gasteiger partial charge on any atom is 0.0598 e. The SMILES string of the molecule is C[C@@H]1C[C@@H](OC[C@@H](S)CN2CCN(Cc3ccccc3)CC2)CC(C)(C)C1. The Morgan fingerprint density at radius 3 is 2.41 bits per heavy atom. The molecule has 0 unspecified atom stereocenters. The Hall–Kier alpha value is -0.550. The summed E-state index contributed by atoms with van der Waals surface area (Å²) in [6.45, 7) is 14.6. The molecule has 0 bridgehead atoms. The molecule has 2 fully saturated rings. The van der Waals surface area contributed by atoms with Crippen molar-refractivity contribution >= 4 is 12.6 Å². The van der Waals surface area contributed by atoms with Crippen LogP contribution in [0.5, 0.6) is 0 Å². The lowest BCUT2D eigenvalue weighted by atomic mass is 9.71. The molecular formula is C23H38N2OS. The summed E-state index contributed by atoms with van der Waals surface area (Å²) < 4.78 is 6.28. The minimum absolute atomic E-state index is 0.311. The third kappa shape index (κ3) is 7.08. The fourth-order valence-electron chi connectivity index (χ4n) is 4.95. The fourth-order valence-corrected chi connectivity index (χ4v) is 5.27. The van der Waals surface area contributed by atoms with Crippen molar-refractivity contribution in [2.45, 2.75) is 57.9 Å². The molecule has 1 heterocycles. The minimum atomic E-state index is 0.311. The summed E-state index contributed by atoms with van der Waals surface area (Å²) in [7, 11) is 0. The van der Waals surface area contributed by atoms with Crippen LogP contribution in [0.3, 0.4) is 0 Å². The minimum Gasteiger partial charge on any atom is -0.377 e. The van der Waals surface area contributed by atoms with Gasteiger partial charge in [-0.05, 0) is 36.2 Å². The van der Waals surface area contributed by atoms with Crippen molar-refractivity contribution in [3.05, 3.63) is 35.9 Å². The number of rotatable bonds is 7. The monoisotopic (exact) mass is 390 g/mol. The number of ether oxygens (including phenoxy) is 1. The highest BCUT2D eigenvalue weighted by atomic mass is 32.1. The highest BCUT2D eigenvalue weighted by Crippen LogP contribution is 2.39. The first-order chi connectivity index (χ1) is 12.9. The molecular weight excluding hydrogens is 352 g/mol.